The first-order valence-electron chi connectivity index (χ1n) is 7.62. The van der Waals surface area contributed by atoms with E-state index >= 15 is 0 Å². The topological polar surface area (TPSA) is 84.0 Å². The van der Waals surface area contributed by atoms with Crippen molar-refractivity contribution in [1.29, 1.82) is 0 Å². The smallest absolute Gasteiger partial charge is 0.264 e. The van der Waals surface area contributed by atoms with E-state index in [2.05, 4.69) is 18.8 Å². The number of sulfonamides is 1. The van der Waals surface area contributed by atoms with Gasteiger partial charge in [-0.25, -0.2) is 8.42 Å². The van der Waals surface area contributed by atoms with E-state index in [1.54, 1.807) is 18.2 Å². The highest BCUT2D eigenvalue weighted by atomic mass is 35.5. The van der Waals surface area contributed by atoms with E-state index in [0.717, 1.165) is 36.8 Å². The number of fused-ring (bicyclic) bond motifs is 2. The summed E-state index contributed by atoms with van der Waals surface area (Å²) in [6, 6.07) is 9.03. The van der Waals surface area contributed by atoms with Gasteiger partial charge in [-0.3, -0.25) is 4.72 Å². The van der Waals surface area contributed by atoms with Crippen LogP contribution < -0.4 is 10.0 Å². The second kappa shape index (κ2) is 6.87. The summed E-state index contributed by atoms with van der Waals surface area (Å²) in [5.74, 6) is 0. The number of benzene rings is 2. The summed E-state index contributed by atoms with van der Waals surface area (Å²) in [4.78, 5) is 0.163. The van der Waals surface area contributed by atoms with Crippen molar-refractivity contribution in [2.75, 3.05) is 11.3 Å². The third-order valence-electron chi connectivity index (χ3n) is 4.21. The van der Waals surface area contributed by atoms with E-state index in [9.17, 15) is 8.42 Å². The SMILES string of the molecule is Cc1ccc(S(=O)(=O)Nc2ccc3c(c2)CCNC3)c2nsnc12.Cl. The van der Waals surface area contributed by atoms with E-state index in [1.807, 2.05) is 19.1 Å². The Morgan fingerprint density at radius 2 is 1.92 bits per heavy atom. The zero-order valence-electron chi connectivity index (χ0n) is 13.4. The van der Waals surface area contributed by atoms with Gasteiger partial charge in [0.25, 0.3) is 10.0 Å². The standard InChI is InChI=1S/C16H16N4O2S2.ClH/c1-10-2-5-14(16-15(10)18-23-19-16)24(21,22)20-13-4-3-12-9-17-7-6-11(12)8-13;/h2-5,8,17,20H,6-7,9H2,1H3;1H. The van der Waals surface area contributed by atoms with Crippen molar-refractivity contribution in [3.63, 3.8) is 0 Å². The third-order valence-corrected chi connectivity index (χ3v) is 6.16. The molecule has 132 valence electrons. The van der Waals surface area contributed by atoms with Crippen molar-refractivity contribution in [3.8, 4) is 0 Å². The van der Waals surface area contributed by atoms with Gasteiger partial charge in [-0.2, -0.15) is 8.75 Å². The zero-order chi connectivity index (χ0) is 16.7. The Hall–Kier alpha value is -1.74. The lowest BCUT2D eigenvalue weighted by atomic mass is 10.0. The van der Waals surface area contributed by atoms with E-state index in [4.69, 9.17) is 0 Å². The highest BCUT2D eigenvalue weighted by Crippen LogP contribution is 2.27. The third kappa shape index (κ3) is 3.35. The molecule has 4 rings (SSSR count). The minimum atomic E-state index is -3.71. The molecule has 1 aliphatic heterocycles. The lowest BCUT2D eigenvalue weighted by Crippen LogP contribution is -2.23. The van der Waals surface area contributed by atoms with Crippen molar-refractivity contribution in [1.82, 2.24) is 14.1 Å². The molecule has 9 heteroatoms. The second-order valence-corrected chi connectivity index (χ2v) is 8.04. The number of nitrogens with one attached hydrogen (secondary N) is 2. The largest absolute Gasteiger partial charge is 0.312 e. The summed E-state index contributed by atoms with van der Waals surface area (Å²) in [7, 11) is -3.71. The number of aromatic nitrogens is 2. The molecule has 0 saturated carbocycles. The molecule has 2 aromatic carbocycles. The maximum Gasteiger partial charge on any atom is 0.264 e. The summed E-state index contributed by atoms with van der Waals surface area (Å²) >= 11 is 1.02. The van der Waals surface area contributed by atoms with Crippen LogP contribution in [0.3, 0.4) is 0 Å². The number of nitrogens with zero attached hydrogens (tertiary/aromatic N) is 2. The van der Waals surface area contributed by atoms with Gasteiger partial charge in [-0.05, 0) is 54.8 Å². The highest BCUT2D eigenvalue weighted by Gasteiger charge is 2.21. The Morgan fingerprint density at radius 1 is 1.12 bits per heavy atom. The molecule has 0 saturated heterocycles. The van der Waals surface area contributed by atoms with Gasteiger partial charge in [0.15, 0.2) is 0 Å². The van der Waals surface area contributed by atoms with Crippen molar-refractivity contribution in [3.05, 3.63) is 47.0 Å². The molecule has 6 nitrogen and oxygen atoms in total. The number of hydrogen-bond acceptors (Lipinski definition) is 6. The summed E-state index contributed by atoms with van der Waals surface area (Å²) in [6.45, 7) is 3.63. The Morgan fingerprint density at radius 3 is 2.76 bits per heavy atom. The number of anilines is 1. The Bertz CT molecular complexity index is 1030. The van der Waals surface area contributed by atoms with Crippen LogP contribution in [0.15, 0.2) is 35.2 Å². The van der Waals surface area contributed by atoms with Crippen LogP contribution in [0.4, 0.5) is 5.69 Å². The van der Waals surface area contributed by atoms with E-state index in [1.165, 1.54) is 11.1 Å². The first-order chi connectivity index (χ1) is 11.5. The fourth-order valence-electron chi connectivity index (χ4n) is 2.94. The van der Waals surface area contributed by atoms with Crippen LogP contribution in [0.2, 0.25) is 0 Å². The maximum atomic E-state index is 12.8. The number of halogens is 1. The van der Waals surface area contributed by atoms with E-state index in [0.29, 0.717) is 16.7 Å². The van der Waals surface area contributed by atoms with Crippen LogP contribution in [-0.2, 0) is 23.0 Å². The normalized spacial score (nSPS) is 14.0. The summed E-state index contributed by atoms with van der Waals surface area (Å²) in [5.41, 5.74) is 4.95. The van der Waals surface area contributed by atoms with Crippen molar-refractivity contribution < 1.29 is 8.42 Å². The quantitative estimate of drug-likeness (QED) is 0.711. The van der Waals surface area contributed by atoms with Gasteiger partial charge in [-0.15, -0.1) is 12.4 Å². The van der Waals surface area contributed by atoms with Gasteiger partial charge in [-0.1, -0.05) is 12.1 Å². The predicted molar refractivity (Wildman–Crippen MR) is 102 cm³/mol. The average molecular weight is 397 g/mol. The fourth-order valence-corrected chi connectivity index (χ4v) is 4.80. The van der Waals surface area contributed by atoms with Gasteiger partial charge in [0.1, 0.15) is 15.9 Å². The predicted octanol–water partition coefficient (Wildman–Crippen LogP) is 2.87. The lowest BCUT2D eigenvalue weighted by Gasteiger charge is -2.18. The number of aryl methyl sites for hydroxylation is 1. The van der Waals surface area contributed by atoms with Crippen LogP contribution in [0, 0.1) is 6.92 Å². The second-order valence-electron chi connectivity index (χ2n) is 5.86. The molecule has 0 amide bonds. The molecule has 0 aliphatic carbocycles. The van der Waals surface area contributed by atoms with Crippen LogP contribution in [-0.4, -0.2) is 23.7 Å². The van der Waals surface area contributed by atoms with Crippen LogP contribution in [0.25, 0.3) is 11.0 Å². The van der Waals surface area contributed by atoms with Gasteiger partial charge in [0.2, 0.25) is 0 Å². The molecule has 1 aliphatic rings. The van der Waals surface area contributed by atoms with E-state index < -0.39 is 10.0 Å². The molecule has 0 bridgehead atoms. The molecule has 0 unspecified atom stereocenters. The summed E-state index contributed by atoms with van der Waals surface area (Å²) in [5, 5.41) is 3.30. The number of hydrogen-bond donors (Lipinski definition) is 2. The minimum Gasteiger partial charge on any atom is -0.312 e. The summed E-state index contributed by atoms with van der Waals surface area (Å²) in [6.07, 6.45) is 0.898. The van der Waals surface area contributed by atoms with Gasteiger partial charge >= 0.3 is 0 Å². The Kier molecular flexibility index (Phi) is 4.97. The molecule has 1 aromatic heterocycles. The molecule has 2 N–H and O–H groups in total. The minimum absolute atomic E-state index is 0. The maximum absolute atomic E-state index is 12.8. The molecule has 25 heavy (non-hydrogen) atoms. The summed E-state index contributed by atoms with van der Waals surface area (Å²) < 4.78 is 36.6. The molecular formula is C16H17ClN4O2S2. The fraction of sp³-hybridized carbons (Fsp3) is 0.250. The first-order valence-corrected chi connectivity index (χ1v) is 9.83. The van der Waals surface area contributed by atoms with Gasteiger partial charge in [0.05, 0.1) is 11.7 Å². The van der Waals surface area contributed by atoms with Crippen LogP contribution >= 0.6 is 24.1 Å². The molecular weight excluding hydrogens is 380 g/mol. The molecule has 0 spiro atoms. The highest BCUT2D eigenvalue weighted by molar-refractivity contribution is 7.93. The molecule has 0 fully saturated rings. The van der Waals surface area contributed by atoms with Crippen LogP contribution in [0.1, 0.15) is 16.7 Å². The average Bonchev–Trinajstić information content (AvgIpc) is 3.05. The molecule has 0 radical (unpaired) electrons. The van der Waals surface area contributed by atoms with Crippen molar-refractivity contribution in [2.24, 2.45) is 0 Å². The monoisotopic (exact) mass is 396 g/mol. The first kappa shape index (κ1) is 18.1. The van der Waals surface area contributed by atoms with Crippen molar-refractivity contribution in [2.45, 2.75) is 24.8 Å². The molecule has 0 atom stereocenters. The van der Waals surface area contributed by atoms with Gasteiger partial charge in [0, 0.05) is 12.2 Å². The molecule has 3 aromatic rings. The van der Waals surface area contributed by atoms with Gasteiger partial charge < -0.3 is 5.32 Å². The Labute approximate surface area is 156 Å². The lowest BCUT2D eigenvalue weighted by molar-refractivity contribution is 0.602. The zero-order valence-corrected chi connectivity index (χ0v) is 15.9. The molecule has 2 heterocycles. The van der Waals surface area contributed by atoms with E-state index in [-0.39, 0.29) is 17.3 Å². The Balaban J connectivity index is 0.00000182. The van der Waals surface area contributed by atoms with Crippen LogP contribution in [0.5, 0.6) is 0 Å². The van der Waals surface area contributed by atoms with Crippen molar-refractivity contribution >= 4 is 50.9 Å². The number of rotatable bonds is 3.